The number of nitrogens with zero attached hydrogens (tertiary/aromatic N) is 1. The molecule has 1 unspecified atom stereocenters. The van der Waals surface area contributed by atoms with Crippen molar-refractivity contribution in [2.45, 2.75) is 5.92 Å². The third-order valence-corrected chi connectivity index (χ3v) is 2.74. The molecule has 1 N–H and O–H groups in total. The van der Waals surface area contributed by atoms with Crippen molar-refractivity contribution in [3.05, 3.63) is 48.0 Å². The average Bonchev–Trinajstić information content (AvgIpc) is 2.39. The summed E-state index contributed by atoms with van der Waals surface area (Å²) in [4.78, 5) is 22.2. The first-order valence-corrected chi connectivity index (χ1v) is 5.29. The normalized spacial score (nSPS) is 11.7. The number of aliphatic carboxylic acids is 1. The summed E-state index contributed by atoms with van der Waals surface area (Å²) < 4.78 is 0. The SMILES string of the molecule is N#CC(C(=O)C(=O)O)c1cccc2ccccc12. The summed E-state index contributed by atoms with van der Waals surface area (Å²) in [6, 6.07) is 14.2. The third kappa shape index (κ3) is 1.94. The minimum Gasteiger partial charge on any atom is -0.475 e. The van der Waals surface area contributed by atoms with Crippen LogP contribution in [0.2, 0.25) is 0 Å². The molecule has 18 heavy (non-hydrogen) atoms. The van der Waals surface area contributed by atoms with Crippen LogP contribution in [-0.2, 0) is 9.59 Å². The van der Waals surface area contributed by atoms with Gasteiger partial charge in [0.1, 0.15) is 5.92 Å². The Bertz CT molecular complexity index is 665. The number of nitriles is 1. The molecule has 0 aliphatic carbocycles. The van der Waals surface area contributed by atoms with E-state index in [0.717, 1.165) is 10.8 Å². The molecule has 0 bridgehead atoms. The Hall–Kier alpha value is -2.67. The molecular weight excluding hydrogens is 230 g/mol. The predicted octanol–water partition coefficient (Wildman–Crippen LogP) is 2.10. The lowest BCUT2D eigenvalue weighted by Gasteiger charge is -2.09. The summed E-state index contributed by atoms with van der Waals surface area (Å²) in [6.45, 7) is 0. The Balaban J connectivity index is 2.63. The van der Waals surface area contributed by atoms with Gasteiger partial charge in [-0.25, -0.2) is 4.79 Å². The molecule has 0 amide bonds. The number of ketones is 1. The van der Waals surface area contributed by atoms with Gasteiger partial charge in [-0.1, -0.05) is 42.5 Å². The van der Waals surface area contributed by atoms with Gasteiger partial charge in [-0.3, -0.25) is 4.79 Å². The van der Waals surface area contributed by atoms with Crippen molar-refractivity contribution >= 4 is 22.5 Å². The molecule has 0 heterocycles. The summed E-state index contributed by atoms with van der Waals surface area (Å²) >= 11 is 0. The van der Waals surface area contributed by atoms with E-state index in [9.17, 15) is 9.59 Å². The van der Waals surface area contributed by atoms with E-state index < -0.39 is 17.7 Å². The Morgan fingerprint density at radius 1 is 1.11 bits per heavy atom. The number of rotatable bonds is 3. The van der Waals surface area contributed by atoms with E-state index in [1.165, 1.54) is 0 Å². The van der Waals surface area contributed by atoms with Crippen molar-refractivity contribution in [2.24, 2.45) is 0 Å². The third-order valence-electron chi connectivity index (χ3n) is 2.74. The van der Waals surface area contributed by atoms with Crippen LogP contribution < -0.4 is 0 Å². The highest BCUT2D eigenvalue weighted by Crippen LogP contribution is 2.26. The van der Waals surface area contributed by atoms with Gasteiger partial charge in [-0.2, -0.15) is 5.26 Å². The van der Waals surface area contributed by atoms with E-state index in [2.05, 4.69) is 0 Å². The zero-order chi connectivity index (χ0) is 13.1. The second-order valence-electron chi connectivity index (χ2n) is 3.80. The monoisotopic (exact) mass is 239 g/mol. The minimum atomic E-state index is -1.59. The molecule has 4 nitrogen and oxygen atoms in total. The van der Waals surface area contributed by atoms with E-state index in [-0.39, 0.29) is 0 Å². The number of carbonyl (C=O) groups excluding carboxylic acids is 1. The van der Waals surface area contributed by atoms with Gasteiger partial charge in [0.2, 0.25) is 0 Å². The molecular formula is C14H9NO3. The van der Waals surface area contributed by atoms with Crippen LogP contribution in [0.4, 0.5) is 0 Å². The molecule has 0 fully saturated rings. The first-order valence-electron chi connectivity index (χ1n) is 5.29. The highest BCUT2D eigenvalue weighted by atomic mass is 16.4. The van der Waals surface area contributed by atoms with E-state index in [1.54, 1.807) is 30.3 Å². The van der Waals surface area contributed by atoms with Crippen LogP contribution in [0.1, 0.15) is 11.5 Å². The summed E-state index contributed by atoms with van der Waals surface area (Å²) in [5, 5.41) is 19.3. The number of carboxylic acids is 1. The fraction of sp³-hybridized carbons (Fsp3) is 0.0714. The number of fused-ring (bicyclic) bond motifs is 1. The molecule has 0 saturated carbocycles. The minimum absolute atomic E-state index is 0.433. The lowest BCUT2D eigenvalue weighted by atomic mass is 9.91. The van der Waals surface area contributed by atoms with E-state index in [4.69, 9.17) is 10.4 Å². The van der Waals surface area contributed by atoms with Crippen molar-refractivity contribution in [3.63, 3.8) is 0 Å². The van der Waals surface area contributed by atoms with Crippen LogP contribution in [0.25, 0.3) is 10.8 Å². The largest absolute Gasteiger partial charge is 0.475 e. The summed E-state index contributed by atoms with van der Waals surface area (Å²) in [6.07, 6.45) is 0. The number of carboxylic acid groups (broad SMARTS) is 1. The van der Waals surface area contributed by atoms with Gasteiger partial charge >= 0.3 is 5.97 Å². The summed E-state index contributed by atoms with van der Waals surface area (Å²) in [5.41, 5.74) is 0.433. The van der Waals surface area contributed by atoms with Crippen LogP contribution in [-0.4, -0.2) is 16.9 Å². The van der Waals surface area contributed by atoms with Gasteiger partial charge < -0.3 is 5.11 Å². The van der Waals surface area contributed by atoms with Crippen LogP contribution >= 0.6 is 0 Å². The van der Waals surface area contributed by atoms with Gasteiger partial charge in [0, 0.05) is 0 Å². The quantitative estimate of drug-likeness (QED) is 0.832. The molecule has 0 spiro atoms. The Morgan fingerprint density at radius 2 is 1.78 bits per heavy atom. The Labute approximate surface area is 103 Å². The van der Waals surface area contributed by atoms with Gasteiger partial charge in [0.05, 0.1) is 6.07 Å². The fourth-order valence-electron chi connectivity index (χ4n) is 1.90. The standard InChI is InChI=1S/C14H9NO3/c15-8-12(13(16)14(17)18)11-7-3-5-9-4-1-2-6-10(9)11/h1-7,12H,(H,17,18). The highest BCUT2D eigenvalue weighted by molar-refractivity contribution is 6.36. The van der Waals surface area contributed by atoms with Crippen molar-refractivity contribution in [3.8, 4) is 6.07 Å². The molecule has 4 heteroatoms. The lowest BCUT2D eigenvalue weighted by molar-refractivity contribution is -0.149. The molecule has 88 valence electrons. The molecule has 1 atom stereocenters. The number of Topliss-reactive ketones (excluding diaryl/α,β-unsaturated/α-hetero) is 1. The van der Waals surface area contributed by atoms with Crippen molar-refractivity contribution in [1.29, 1.82) is 5.26 Å². The van der Waals surface area contributed by atoms with E-state index >= 15 is 0 Å². The van der Waals surface area contributed by atoms with Gasteiger partial charge in [0.25, 0.3) is 5.78 Å². The topological polar surface area (TPSA) is 78.2 Å². The molecule has 2 aromatic rings. The van der Waals surface area contributed by atoms with Gasteiger partial charge in [0.15, 0.2) is 0 Å². The van der Waals surface area contributed by atoms with Crippen LogP contribution in [0.15, 0.2) is 42.5 Å². The second-order valence-corrected chi connectivity index (χ2v) is 3.80. The van der Waals surface area contributed by atoms with Crippen molar-refractivity contribution in [2.75, 3.05) is 0 Å². The molecule has 0 aliphatic heterocycles. The van der Waals surface area contributed by atoms with E-state index in [0.29, 0.717) is 5.56 Å². The first-order chi connectivity index (χ1) is 8.65. The molecule has 0 aliphatic rings. The zero-order valence-electron chi connectivity index (χ0n) is 9.33. The second kappa shape index (κ2) is 4.68. The predicted molar refractivity (Wildman–Crippen MR) is 64.9 cm³/mol. The molecule has 0 radical (unpaired) electrons. The molecule has 0 saturated heterocycles. The fourth-order valence-corrected chi connectivity index (χ4v) is 1.90. The lowest BCUT2D eigenvalue weighted by Crippen LogP contribution is -2.20. The van der Waals surface area contributed by atoms with Gasteiger partial charge in [-0.05, 0) is 16.3 Å². The molecule has 0 aromatic heterocycles. The number of hydrogen-bond donors (Lipinski definition) is 1. The van der Waals surface area contributed by atoms with Crippen LogP contribution in [0, 0.1) is 11.3 Å². The average molecular weight is 239 g/mol. The van der Waals surface area contributed by atoms with Crippen LogP contribution in [0.5, 0.6) is 0 Å². The van der Waals surface area contributed by atoms with Crippen molar-refractivity contribution in [1.82, 2.24) is 0 Å². The van der Waals surface area contributed by atoms with Crippen molar-refractivity contribution < 1.29 is 14.7 Å². The molecule has 2 aromatic carbocycles. The van der Waals surface area contributed by atoms with E-state index in [1.807, 2.05) is 18.2 Å². The smallest absolute Gasteiger partial charge is 0.373 e. The Morgan fingerprint density at radius 3 is 2.44 bits per heavy atom. The zero-order valence-corrected chi connectivity index (χ0v) is 9.33. The van der Waals surface area contributed by atoms with Crippen LogP contribution in [0.3, 0.4) is 0 Å². The number of benzene rings is 2. The maximum Gasteiger partial charge on any atom is 0.373 e. The summed E-state index contributed by atoms with van der Waals surface area (Å²) in [5.74, 6) is -3.96. The van der Waals surface area contributed by atoms with Gasteiger partial charge in [-0.15, -0.1) is 0 Å². The summed E-state index contributed by atoms with van der Waals surface area (Å²) in [7, 11) is 0. The maximum atomic E-state index is 11.5. The maximum absolute atomic E-state index is 11.5. The highest BCUT2D eigenvalue weighted by Gasteiger charge is 2.27. The molecule has 2 rings (SSSR count). The Kier molecular flexibility index (Phi) is 3.07. The first kappa shape index (κ1) is 11.8. The number of hydrogen-bond acceptors (Lipinski definition) is 3. The number of carbonyl (C=O) groups is 2.